The Labute approximate surface area is 101 Å². The van der Waals surface area contributed by atoms with Crippen LogP contribution in [0, 0.1) is 0 Å². The molecule has 0 bridgehead atoms. The van der Waals surface area contributed by atoms with Gasteiger partial charge in [0.15, 0.2) is 0 Å². The zero-order valence-electron chi connectivity index (χ0n) is 9.95. The molecule has 1 rings (SSSR count). The Kier molecular flexibility index (Phi) is 5.61. The van der Waals surface area contributed by atoms with E-state index in [0.29, 0.717) is 6.42 Å². The number of hydrogen-bond acceptors (Lipinski definition) is 5. The average molecular weight is 244 g/mol. The highest BCUT2D eigenvalue weighted by atomic mass is 16.6. The first-order valence-corrected chi connectivity index (χ1v) is 5.96. The normalized spacial score (nSPS) is 35.4. The van der Waals surface area contributed by atoms with Crippen molar-refractivity contribution < 1.29 is 24.9 Å². The van der Waals surface area contributed by atoms with E-state index >= 15 is 0 Å². The van der Waals surface area contributed by atoms with Gasteiger partial charge in [0.25, 0.3) is 0 Å². The second-order valence-electron chi connectivity index (χ2n) is 4.29. The molecule has 0 aromatic heterocycles. The van der Waals surface area contributed by atoms with Gasteiger partial charge in [-0.25, -0.2) is 0 Å². The maximum Gasteiger partial charge on any atom is 0.306 e. The third-order valence-electron chi connectivity index (χ3n) is 2.76. The van der Waals surface area contributed by atoms with Crippen LogP contribution in [0.25, 0.3) is 0 Å². The van der Waals surface area contributed by atoms with E-state index in [1.807, 2.05) is 6.92 Å². The van der Waals surface area contributed by atoms with Gasteiger partial charge in [0.2, 0.25) is 0 Å². The maximum absolute atomic E-state index is 11.4. The lowest BCUT2D eigenvalue weighted by atomic mass is 10.0. The van der Waals surface area contributed by atoms with Gasteiger partial charge in [-0.3, -0.25) is 4.79 Å². The molecule has 4 unspecified atom stereocenters. The van der Waals surface area contributed by atoms with E-state index in [9.17, 15) is 20.1 Å². The second-order valence-corrected chi connectivity index (χ2v) is 4.29. The lowest BCUT2D eigenvalue weighted by molar-refractivity contribution is -0.159. The van der Waals surface area contributed by atoms with Gasteiger partial charge in [0.05, 0.1) is 6.10 Å². The van der Waals surface area contributed by atoms with Gasteiger partial charge in [-0.15, -0.1) is 0 Å². The van der Waals surface area contributed by atoms with E-state index in [2.05, 4.69) is 0 Å². The fraction of sp³-hybridized carbons (Fsp3) is 0.750. The van der Waals surface area contributed by atoms with Crippen molar-refractivity contribution in [1.82, 2.24) is 0 Å². The van der Waals surface area contributed by atoms with Crippen LogP contribution in [0.15, 0.2) is 12.2 Å². The van der Waals surface area contributed by atoms with Crippen LogP contribution in [-0.2, 0) is 9.53 Å². The Bertz CT molecular complexity index is 276. The van der Waals surface area contributed by atoms with Gasteiger partial charge >= 0.3 is 5.97 Å². The van der Waals surface area contributed by atoms with Crippen molar-refractivity contribution >= 4 is 5.97 Å². The predicted molar refractivity (Wildman–Crippen MR) is 61.2 cm³/mol. The minimum atomic E-state index is -1.15. The Morgan fingerprint density at radius 3 is 2.71 bits per heavy atom. The van der Waals surface area contributed by atoms with Gasteiger partial charge in [0, 0.05) is 6.42 Å². The SMILES string of the molecule is CCCC1OC(=O)CCC(O)C=CC(O)C1O. The van der Waals surface area contributed by atoms with Gasteiger partial charge in [0.1, 0.15) is 18.3 Å². The summed E-state index contributed by atoms with van der Waals surface area (Å²) in [6, 6.07) is 0. The van der Waals surface area contributed by atoms with E-state index in [-0.39, 0.29) is 12.8 Å². The molecule has 0 saturated heterocycles. The average Bonchev–Trinajstić information content (AvgIpc) is 2.31. The van der Waals surface area contributed by atoms with Gasteiger partial charge in [-0.05, 0) is 12.8 Å². The zero-order chi connectivity index (χ0) is 12.8. The van der Waals surface area contributed by atoms with Crippen LogP contribution in [0.1, 0.15) is 32.6 Å². The summed E-state index contributed by atoms with van der Waals surface area (Å²) in [6.07, 6.45) is 0.578. The van der Waals surface area contributed by atoms with Gasteiger partial charge in [-0.2, -0.15) is 0 Å². The molecule has 1 aliphatic rings. The molecule has 98 valence electrons. The quantitative estimate of drug-likeness (QED) is 0.475. The first kappa shape index (κ1) is 14.2. The number of carbonyl (C=O) groups is 1. The standard InChI is InChI=1S/C12H20O5/c1-2-3-10-12(16)9(14)6-4-8(13)5-7-11(15)17-10/h4,6,8-10,12-14,16H,2-3,5,7H2,1H3. The predicted octanol–water partition coefficient (Wildman–Crippen LogP) is 0.131. The van der Waals surface area contributed by atoms with Crippen molar-refractivity contribution in [3.05, 3.63) is 12.2 Å². The maximum atomic E-state index is 11.4. The molecule has 1 heterocycles. The molecule has 5 heteroatoms. The molecular formula is C12H20O5. The summed E-state index contributed by atoms with van der Waals surface area (Å²) < 4.78 is 5.10. The molecule has 3 N–H and O–H groups in total. The second kappa shape index (κ2) is 6.74. The fourth-order valence-electron chi connectivity index (χ4n) is 1.75. The first-order chi connectivity index (χ1) is 8.04. The molecule has 0 spiro atoms. The number of esters is 1. The minimum absolute atomic E-state index is 0.106. The molecule has 5 nitrogen and oxygen atoms in total. The van der Waals surface area contributed by atoms with Gasteiger partial charge < -0.3 is 20.1 Å². The number of rotatable bonds is 2. The third-order valence-corrected chi connectivity index (χ3v) is 2.76. The first-order valence-electron chi connectivity index (χ1n) is 5.96. The molecule has 4 atom stereocenters. The number of hydrogen-bond donors (Lipinski definition) is 3. The Balaban J connectivity index is 2.78. The number of aliphatic hydroxyl groups excluding tert-OH is 3. The van der Waals surface area contributed by atoms with Crippen molar-refractivity contribution in [2.75, 3.05) is 0 Å². The van der Waals surface area contributed by atoms with Crippen molar-refractivity contribution in [2.45, 2.75) is 57.0 Å². The number of carbonyl (C=O) groups excluding carboxylic acids is 1. The number of ether oxygens (including phenoxy) is 1. The molecule has 1 aliphatic heterocycles. The molecule has 0 aromatic carbocycles. The number of cyclic esters (lactones) is 1. The molecule has 0 aliphatic carbocycles. The van der Waals surface area contributed by atoms with Crippen molar-refractivity contribution in [3.8, 4) is 0 Å². The van der Waals surface area contributed by atoms with Crippen LogP contribution in [-0.4, -0.2) is 45.7 Å². The Morgan fingerprint density at radius 1 is 1.35 bits per heavy atom. The summed E-state index contributed by atoms with van der Waals surface area (Å²) in [4.78, 5) is 11.4. The fourth-order valence-corrected chi connectivity index (χ4v) is 1.75. The van der Waals surface area contributed by atoms with Crippen LogP contribution in [0.3, 0.4) is 0 Å². The van der Waals surface area contributed by atoms with Crippen LogP contribution < -0.4 is 0 Å². The number of aliphatic hydroxyl groups is 3. The van der Waals surface area contributed by atoms with E-state index in [0.717, 1.165) is 6.42 Å². The summed E-state index contributed by atoms with van der Waals surface area (Å²) in [5.41, 5.74) is 0. The van der Waals surface area contributed by atoms with Crippen LogP contribution >= 0.6 is 0 Å². The highest BCUT2D eigenvalue weighted by Crippen LogP contribution is 2.15. The van der Waals surface area contributed by atoms with E-state index < -0.39 is 30.4 Å². The van der Waals surface area contributed by atoms with Crippen LogP contribution in [0.5, 0.6) is 0 Å². The van der Waals surface area contributed by atoms with E-state index in [4.69, 9.17) is 4.74 Å². The van der Waals surface area contributed by atoms with Gasteiger partial charge in [-0.1, -0.05) is 25.5 Å². The molecule has 0 fully saturated rings. The summed E-state index contributed by atoms with van der Waals surface area (Å²) in [5, 5.41) is 28.9. The van der Waals surface area contributed by atoms with E-state index in [1.54, 1.807) is 0 Å². The molecular weight excluding hydrogens is 224 g/mol. The molecule has 17 heavy (non-hydrogen) atoms. The summed E-state index contributed by atoms with van der Waals surface area (Å²) in [5.74, 6) is -0.455. The van der Waals surface area contributed by atoms with Crippen LogP contribution in [0.4, 0.5) is 0 Å². The lowest BCUT2D eigenvalue weighted by Gasteiger charge is -2.26. The highest BCUT2D eigenvalue weighted by molar-refractivity contribution is 5.69. The Hall–Kier alpha value is -0.910. The monoisotopic (exact) mass is 244 g/mol. The van der Waals surface area contributed by atoms with Crippen molar-refractivity contribution in [2.24, 2.45) is 0 Å². The summed E-state index contributed by atoms with van der Waals surface area (Å²) in [7, 11) is 0. The smallest absolute Gasteiger partial charge is 0.306 e. The van der Waals surface area contributed by atoms with Crippen molar-refractivity contribution in [1.29, 1.82) is 0 Å². The molecule has 0 saturated carbocycles. The minimum Gasteiger partial charge on any atom is -0.459 e. The molecule has 0 radical (unpaired) electrons. The summed E-state index contributed by atoms with van der Waals surface area (Å²) >= 11 is 0. The zero-order valence-corrected chi connectivity index (χ0v) is 9.95. The summed E-state index contributed by atoms with van der Waals surface area (Å²) in [6.45, 7) is 1.91. The highest BCUT2D eigenvalue weighted by Gasteiger charge is 2.28. The largest absolute Gasteiger partial charge is 0.459 e. The third kappa shape index (κ3) is 4.46. The topological polar surface area (TPSA) is 87.0 Å². The lowest BCUT2D eigenvalue weighted by Crippen LogP contribution is -2.40. The molecule has 0 aromatic rings. The Morgan fingerprint density at radius 2 is 2.06 bits per heavy atom. The van der Waals surface area contributed by atoms with Crippen LogP contribution in [0.2, 0.25) is 0 Å². The van der Waals surface area contributed by atoms with E-state index in [1.165, 1.54) is 12.2 Å². The molecule has 0 amide bonds. The van der Waals surface area contributed by atoms with Crippen molar-refractivity contribution in [3.63, 3.8) is 0 Å².